The summed E-state index contributed by atoms with van der Waals surface area (Å²) in [6.45, 7) is 2.33. The van der Waals surface area contributed by atoms with Gasteiger partial charge in [-0.25, -0.2) is 28.7 Å². The maximum absolute atomic E-state index is 14.2. The molecule has 9 nitrogen and oxygen atoms in total. The van der Waals surface area contributed by atoms with Crippen molar-refractivity contribution in [3.05, 3.63) is 53.9 Å². The van der Waals surface area contributed by atoms with Gasteiger partial charge in [-0.2, -0.15) is 4.52 Å². The molecule has 0 radical (unpaired) electrons. The second-order valence-corrected chi connectivity index (χ2v) is 7.61. The third kappa shape index (κ3) is 3.22. The third-order valence-corrected chi connectivity index (χ3v) is 5.60. The Morgan fingerprint density at radius 1 is 1.16 bits per heavy atom. The molecule has 1 aliphatic heterocycles. The summed E-state index contributed by atoms with van der Waals surface area (Å²) in [5.41, 5.74) is 6.11. The van der Waals surface area contributed by atoms with Crippen LogP contribution in [0.15, 0.2) is 30.6 Å². The Hall–Kier alpha value is -3.76. The fourth-order valence-corrected chi connectivity index (χ4v) is 3.99. The fraction of sp³-hybridized carbons (Fsp3) is 0.300. The minimum absolute atomic E-state index is 0.000320. The van der Waals surface area contributed by atoms with Crippen molar-refractivity contribution in [2.75, 3.05) is 12.3 Å². The van der Waals surface area contributed by atoms with Crippen LogP contribution in [0.5, 0.6) is 0 Å². The Labute approximate surface area is 174 Å². The number of anilines is 1. The molecular weight excluding hydrogens is 406 g/mol. The molecule has 2 N–H and O–H groups in total. The second kappa shape index (κ2) is 7.18. The monoisotopic (exact) mass is 424 g/mol. The fourth-order valence-electron chi connectivity index (χ4n) is 3.99. The van der Waals surface area contributed by atoms with Gasteiger partial charge >= 0.3 is 0 Å². The first-order chi connectivity index (χ1) is 14.9. The number of likely N-dealkylation sites (tertiary alicyclic amines) is 1. The van der Waals surface area contributed by atoms with E-state index < -0.39 is 11.6 Å². The molecule has 0 unspecified atom stereocenters. The van der Waals surface area contributed by atoms with E-state index in [0.717, 1.165) is 25.0 Å². The minimum atomic E-state index is -0.820. The Balaban J connectivity index is 1.54. The Morgan fingerprint density at radius 2 is 1.94 bits per heavy atom. The van der Waals surface area contributed by atoms with Gasteiger partial charge in [0, 0.05) is 37.0 Å². The number of aromatic nitrogens is 6. The van der Waals surface area contributed by atoms with Crippen LogP contribution in [0.4, 0.5) is 14.7 Å². The average Bonchev–Trinajstić information content (AvgIpc) is 3.22. The highest BCUT2D eigenvalue weighted by atomic mass is 19.1. The van der Waals surface area contributed by atoms with Crippen LogP contribution in [0.2, 0.25) is 0 Å². The highest BCUT2D eigenvalue weighted by Gasteiger charge is 2.33. The van der Waals surface area contributed by atoms with Crippen LogP contribution in [0.25, 0.3) is 16.6 Å². The van der Waals surface area contributed by atoms with Crippen molar-refractivity contribution in [2.24, 2.45) is 0 Å². The zero-order chi connectivity index (χ0) is 21.7. The molecule has 2 atom stereocenters. The van der Waals surface area contributed by atoms with E-state index in [1.165, 1.54) is 16.9 Å². The molecule has 1 amide bonds. The molecule has 158 valence electrons. The smallest absolute Gasteiger partial charge is 0.291 e. The maximum Gasteiger partial charge on any atom is 0.291 e. The zero-order valence-electron chi connectivity index (χ0n) is 16.5. The molecule has 3 aromatic heterocycles. The number of nitrogen functional groups attached to an aromatic ring is 1. The van der Waals surface area contributed by atoms with E-state index in [0.29, 0.717) is 12.4 Å². The van der Waals surface area contributed by atoms with Crippen molar-refractivity contribution in [1.82, 2.24) is 34.4 Å². The average molecular weight is 424 g/mol. The van der Waals surface area contributed by atoms with Crippen molar-refractivity contribution >= 4 is 28.4 Å². The van der Waals surface area contributed by atoms with Crippen LogP contribution < -0.4 is 5.73 Å². The van der Waals surface area contributed by atoms with Gasteiger partial charge in [-0.15, -0.1) is 5.10 Å². The number of fused-ring (bicyclic) bond motifs is 3. The molecule has 4 aromatic rings. The number of benzene rings is 1. The molecule has 1 aromatic carbocycles. The molecule has 1 saturated heterocycles. The van der Waals surface area contributed by atoms with Crippen molar-refractivity contribution in [2.45, 2.75) is 31.7 Å². The molecule has 0 spiro atoms. The van der Waals surface area contributed by atoms with Gasteiger partial charge < -0.3 is 10.6 Å². The van der Waals surface area contributed by atoms with Crippen molar-refractivity contribution in [1.29, 1.82) is 0 Å². The molecule has 11 heteroatoms. The van der Waals surface area contributed by atoms with Gasteiger partial charge in [0.25, 0.3) is 5.91 Å². The van der Waals surface area contributed by atoms with Gasteiger partial charge in [-0.05, 0) is 31.9 Å². The van der Waals surface area contributed by atoms with Crippen LogP contribution in [-0.4, -0.2) is 52.9 Å². The first kappa shape index (κ1) is 19.2. The lowest BCUT2D eigenvalue weighted by molar-refractivity contribution is 0.0593. The van der Waals surface area contributed by atoms with Crippen LogP contribution in [0, 0.1) is 11.6 Å². The number of hydrogen-bond acceptors (Lipinski definition) is 7. The Bertz CT molecular complexity index is 1310. The summed E-state index contributed by atoms with van der Waals surface area (Å²) in [5.74, 6) is -1.50. The lowest BCUT2D eigenvalue weighted by Gasteiger charge is -2.36. The molecular formula is C20H18F2N8O. The van der Waals surface area contributed by atoms with Crippen molar-refractivity contribution < 1.29 is 13.6 Å². The molecule has 5 rings (SSSR count). The Kier molecular flexibility index (Phi) is 4.45. The van der Waals surface area contributed by atoms with E-state index in [1.807, 2.05) is 6.92 Å². The molecule has 4 heterocycles. The summed E-state index contributed by atoms with van der Waals surface area (Å²) >= 11 is 0. The third-order valence-electron chi connectivity index (χ3n) is 5.60. The molecule has 1 fully saturated rings. The SMILES string of the molecule is C[C@H]1CC[C@@H](c2nc3c4cc(F)cc(F)c4nc(N)n3n2)CN1C(=O)c1ncccn1. The summed E-state index contributed by atoms with van der Waals surface area (Å²) in [7, 11) is 0. The number of carbonyl (C=O) groups is 1. The number of nitrogens with zero attached hydrogens (tertiary/aromatic N) is 7. The van der Waals surface area contributed by atoms with E-state index in [2.05, 4.69) is 25.0 Å². The van der Waals surface area contributed by atoms with E-state index >= 15 is 0 Å². The number of nitrogens with two attached hydrogens (primary N) is 1. The van der Waals surface area contributed by atoms with Gasteiger partial charge in [0.2, 0.25) is 11.8 Å². The van der Waals surface area contributed by atoms with Crippen LogP contribution in [0.3, 0.4) is 0 Å². The van der Waals surface area contributed by atoms with Gasteiger partial charge in [0.05, 0.1) is 5.39 Å². The maximum atomic E-state index is 14.2. The predicted octanol–water partition coefficient (Wildman–Crippen LogP) is 2.34. The number of rotatable bonds is 2. The standard InChI is InChI=1S/C20H18F2N8O/c1-10-3-4-11(9-29(10)19(31)17-24-5-2-6-25-17)16-27-18-13-7-12(21)8-14(22)15(13)26-20(23)30(18)28-16/h2,5-8,10-11H,3-4,9H2,1H3,(H2,23,26)/t10-,11+/m0/s1. The largest absolute Gasteiger partial charge is 0.368 e. The highest BCUT2D eigenvalue weighted by Crippen LogP contribution is 2.31. The first-order valence-electron chi connectivity index (χ1n) is 9.81. The number of amides is 1. The summed E-state index contributed by atoms with van der Waals surface area (Å²) in [6.07, 6.45) is 4.52. The summed E-state index contributed by atoms with van der Waals surface area (Å²) in [5, 5.41) is 4.62. The van der Waals surface area contributed by atoms with Gasteiger partial charge in [-0.3, -0.25) is 4.79 Å². The topological polar surface area (TPSA) is 115 Å². The molecule has 0 aliphatic carbocycles. The van der Waals surface area contributed by atoms with E-state index in [4.69, 9.17) is 5.73 Å². The lowest BCUT2D eigenvalue weighted by Crippen LogP contribution is -2.45. The first-order valence-corrected chi connectivity index (χ1v) is 9.81. The number of hydrogen-bond donors (Lipinski definition) is 1. The summed E-state index contributed by atoms with van der Waals surface area (Å²) < 4.78 is 29.3. The number of halogens is 2. The van der Waals surface area contributed by atoms with E-state index in [9.17, 15) is 13.6 Å². The Morgan fingerprint density at radius 3 is 2.71 bits per heavy atom. The summed E-state index contributed by atoms with van der Waals surface area (Å²) in [6, 6.07) is 3.55. The molecule has 0 bridgehead atoms. The number of carbonyl (C=O) groups excluding carboxylic acids is 1. The lowest BCUT2D eigenvalue weighted by atomic mass is 9.92. The van der Waals surface area contributed by atoms with E-state index in [1.54, 1.807) is 11.0 Å². The van der Waals surface area contributed by atoms with Crippen LogP contribution in [0.1, 0.15) is 42.1 Å². The van der Waals surface area contributed by atoms with Gasteiger partial charge in [0.15, 0.2) is 17.3 Å². The van der Waals surface area contributed by atoms with Crippen molar-refractivity contribution in [3.63, 3.8) is 0 Å². The zero-order valence-corrected chi connectivity index (χ0v) is 16.5. The second-order valence-electron chi connectivity index (χ2n) is 7.61. The number of piperidine rings is 1. The van der Waals surface area contributed by atoms with Crippen LogP contribution >= 0.6 is 0 Å². The molecule has 0 saturated carbocycles. The van der Waals surface area contributed by atoms with Crippen LogP contribution in [-0.2, 0) is 0 Å². The normalized spacial score (nSPS) is 19.3. The molecule has 31 heavy (non-hydrogen) atoms. The summed E-state index contributed by atoms with van der Waals surface area (Å²) in [4.78, 5) is 31.2. The van der Waals surface area contributed by atoms with Gasteiger partial charge in [-0.1, -0.05) is 0 Å². The molecule has 1 aliphatic rings. The highest BCUT2D eigenvalue weighted by molar-refractivity contribution is 5.92. The predicted molar refractivity (Wildman–Crippen MR) is 107 cm³/mol. The minimum Gasteiger partial charge on any atom is -0.368 e. The van der Waals surface area contributed by atoms with Crippen molar-refractivity contribution in [3.8, 4) is 0 Å². The van der Waals surface area contributed by atoms with Gasteiger partial charge in [0.1, 0.15) is 11.3 Å². The van der Waals surface area contributed by atoms with E-state index in [-0.39, 0.29) is 46.2 Å². The quantitative estimate of drug-likeness (QED) is 0.525.